The van der Waals surface area contributed by atoms with Crippen molar-refractivity contribution in [3.63, 3.8) is 0 Å². The van der Waals surface area contributed by atoms with E-state index in [2.05, 4.69) is 68.6 Å². The number of carbonyl (C=O) groups is 3. The lowest BCUT2D eigenvalue weighted by atomic mass is 9.88. The van der Waals surface area contributed by atoms with Gasteiger partial charge in [-0.15, -0.1) is 0 Å². The molecule has 0 bridgehead atoms. The second-order valence-corrected chi connectivity index (χ2v) is 14.3. The number of ether oxygens (including phenoxy) is 1. The molecule has 7 rings (SSSR count). The lowest BCUT2D eigenvalue weighted by Crippen LogP contribution is -2.42. The van der Waals surface area contributed by atoms with Crippen molar-refractivity contribution in [2.24, 2.45) is 0 Å². The molecule has 1 aliphatic rings. The average molecular weight is 776 g/mol. The van der Waals surface area contributed by atoms with Gasteiger partial charge >= 0.3 is 6.09 Å². The van der Waals surface area contributed by atoms with Gasteiger partial charge in [-0.3, -0.25) is 14.9 Å². The van der Waals surface area contributed by atoms with Crippen molar-refractivity contribution in [1.29, 1.82) is 0 Å². The summed E-state index contributed by atoms with van der Waals surface area (Å²) in [6.45, 7) is 4.75. The first kappa shape index (κ1) is 39.9. The minimum atomic E-state index is -0.470. The first-order valence-electron chi connectivity index (χ1n) is 19.9. The van der Waals surface area contributed by atoms with Crippen LogP contribution in [0.4, 0.5) is 10.5 Å². The smallest absolute Gasteiger partial charge is 0.411 e. The Hall–Kier alpha value is -6.33. The average Bonchev–Trinajstić information content (AvgIpc) is 3.80. The summed E-state index contributed by atoms with van der Waals surface area (Å²) in [5.74, 6) is 0.536. The maximum Gasteiger partial charge on any atom is 0.411 e. The molecule has 0 atom stereocenters. The highest BCUT2D eigenvalue weighted by Gasteiger charge is 2.24. The molecular formula is C48H49N5O5. The van der Waals surface area contributed by atoms with Crippen LogP contribution in [0.2, 0.25) is 0 Å². The van der Waals surface area contributed by atoms with Gasteiger partial charge in [0, 0.05) is 56.0 Å². The van der Waals surface area contributed by atoms with Gasteiger partial charge in [0.15, 0.2) is 5.78 Å². The van der Waals surface area contributed by atoms with E-state index < -0.39 is 6.09 Å². The molecule has 5 aromatic carbocycles. The highest BCUT2D eigenvalue weighted by molar-refractivity contribution is 6.02. The van der Waals surface area contributed by atoms with E-state index in [4.69, 9.17) is 9.15 Å². The van der Waals surface area contributed by atoms with Crippen molar-refractivity contribution in [1.82, 2.24) is 20.9 Å². The number of furan rings is 1. The molecule has 0 saturated carbocycles. The largest absolute Gasteiger partial charge is 0.468 e. The third kappa shape index (κ3) is 10.7. The highest BCUT2D eigenvalue weighted by atomic mass is 16.6. The summed E-state index contributed by atoms with van der Waals surface area (Å²) in [5, 5.41) is 12.5. The number of carbonyl (C=O) groups excluding carboxylic acids is 3. The molecule has 58 heavy (non-hydrogen) atoms. The van der Waals surface area contributed by atoms with Crippen molar-refractivity contribution < 1.29 is 23.5 Å². The van der Waals surface area contributed by atoms with Gasteiger partial charge in [-0.2, -0.15) is 0 Å². The van der Waals surface area contributed by atoms with E-state index in [9.17, 15) is 14.4 Å². The highest BCUT2D eigenvalue weighted by Crippen LogP contribution is 2.42. The Labute approximate surface area is 339 Å². The number of ketones is 1. The van der Waals surface area contributed by atoms with Crippen molar-refractivity contribution in [3.8, 4) is 33.4 Å². The van der Waals surface area contributed by atoms with Gasteiger partial charge in [0.2, 0.25) is 0 Å². The third-order valence-corrected chi connectivity index (χ3v) is 10.3. The zero-order chi connectivity index (χ0) is 39.9. The van der Waals surface area contributed by atoms with Crippen LogP contribution in [-0.2, 0) is 11.3 Å². The van der Waals surface area contributed by atoms with Gasteiger partial charge in [-0.05, 0) is 71.0 Å². The number of nitrogens with one attached hydrogen (secondary N) is 4. The van der Waals surface area contributed by atoms with Crippen LogP contribution in [0.1, 0.15) is 39.3 Å². The Morgan fingerprint density at radius 3 is 2.07 bits per heavy atom. The topological polar surface area (TPSA) is 125 Å². The predicted octanol–water partition coefficient (Wildman–Crippen LogP) is 8.29. The number of hydrogen-bond acceptors (Lipinski definition) is 8. The van der Waals surface area contributed by atoms with Crippen molar-refractivity contribution in [2.45, 2.75) is 25.5 Å². The zero-order valence-electron chi connectivity index (χ0n) is 32.5. The van der Waals surface area contributed by atoms with Gasteiger partial charge in [-0.25, -0.2) is 4.79 Å². The van der Waals surface area contributed by atoms with E-state index in [0.717, 1.165) is 71.6 Å². The molecule has 2 heterocycles. The maximum atomic E-state index is 13.5. The van der Waals surface area contributed by atoms with Crippen LogP contribution in [0.5, 0.6) is 0 Å². The lowest BCUT2D eigenvalue weighted by Gasteiger charge is -2.31. The van der Waals surface area contributed by atoms with Crippen molar-refractivity contribution >= 4 is 23.5 Å². The first-order valence-corrected chi connectivity index (χ1v) is 19.9. The van der Waals surface area contributed by atoms with Crippen LogP contribution < -0.4 is 21.3 Å². The number of nitrogens with zero attached hydrogens (tertiary/aromatic N) is 1. The van der Waals surface area contributed by atoms with Crippen LogP contribution in [0, 0.1) is 0 Å². The lowest BCUT2D eigenvalue weighted by molar-refractivity contribution is 0.0593. The van der Waals surface area contributed by atoms with Gasteiger partial charge in [0.25, 0.3) is 5.91 Å². The van der Waals surface area contributed by atoms with Gasteiger partial charge in [0.1, 0.15) is 11.9 Å². The van der Waals surface area contributed by atoms with E-state index in [-0.39, 0.29) is 24.3 Å². The first-order chi connectivity index (χ1) is 28.5. The van der Waals surface area contributed by atoms with Crippen LogP contribution in [0.15, 0.2) is 150 Å². The number of benzene rings is 5. The van der Waals surface area contributed by atoms with Crippen LogP contribution in [-0.4, -0.2) is 74.6 Å². The summed E-state index contributed by atoms with van der Waals surface area (Å²) >= 11 is 0. The number of amides is 2. The minimum absolute atomic E-state index is 0.0751. The zero-order valence-corrected chi connectivity index (χ0v) is 32.5. The van der Waals surface area contributed by atoms with Gasteiger partial charge in [-0.1, -0.05) is 109 Å². The predicted molar refractivity (Wildman–Crippen MR) is 229 cm³/mol. The quantitative estimate of drug-likeness (QED) is 0.0539. The van der Waals surface area contributed by atoms with Gasteiger partial charge in [0.05, 0.1) is 25.0 Å². The second-order valence-electron chi connectivity index (χ2n) is 14.3. The number of rotatable bonds is 17. The molecule has 0 spiro atoms. The molecular weight excluding hydrogens is 727 g/mol. The summed E-state index contributed by atoms with van der Waals surface area (Å²) in [5.41, 5.74) is 7.83. The standard InChI is InChI=1S/C48H49N5O5/c54-45(37-16-9-17-38(32-37)47(55)51-26-25-49-33-40-18-11-31-57-40)34-50-27-30-53-28-23-39(24-29-53)58-48(56)52-44-22-10-21-42(36-14-5-2-6-15-36)46(44)43-20-8-7-19-41(43)35-12-3-1-4-13-35/h1-22,31-32,39,49-50H,23-30,33-34H2,(H,51,55)(H,52,56). The second kappa shape index (κ2) is 20.2. The molecule has 10 nitrogen and oxygen atoms in total. The molecule has 0 aliphatic carbocycles. The fourth-order valence-electron chi connectivity index (χ4n) is 7.28. The fourth-order valence-corrected chi connectivity index (χ4v) is 7.28. The van der Waals surface area contributed by atoms with E-state index in [1.807, 2.05) is 72.8 Å². The molecule has 1 aromatic heterocycles. The third-order valence-electron chi connectivity index (χ3n) is 10.3. The summed E-state index contributed by atoms with van der Waals surface area (Å²) in [7, 11) is 0. The number of anilines is 1. The van der Waals surface area contributed by atoms with E-state index in [0.29, 0.717) is 43.0 Å². The van der Waals surface area contributed by atoms with Crippen molar-refractivity contribution in [2.75, 3.05) is 51.1 Å². The Morgan fingerprint density at radius 2 is 1.33 bits per heavy atom. The molecule has 4 N–H and O–H groups in total. The van der Waals surface area contributed by atoms with E-state index in [1.54, 1.807) is 30.5 Å². The SMILES string of the molecule is O=C(Nc1cccc(-c2ccccc2)c1-c1ccccc1-c1ccccc1)OC1CCN(CCNCC(=O)c2cccc(C(=O)NCCNCc3ccco3)c2)CC1. The van der Waals surface area contributed by atoms with Crippen LogP contribution in [0.3, 0.4) is 0 Å². The molecule has 10 heteroatoms. The Balaban J connectivity index is 0.872. The maximum absolute atomic E-state index is 13.5. The molecule has 1 saturated heterocycles. The summed E-state index contributed by atoms with van der Waals surface area (Å²) in [6, 6.07) is 45.3. The molecule has 1 fully saturated rings. The van der Waals surface area contributed by atoms with Crippen molar-refractivity contribution in [3.05, 3.63) is 163 Å². The number of piperidine rings is 1. The number of hydrogen-bond donors (Lipinski definition) is 4. The van der Waals surface area contributed by atoms with Crippen LogP contribution >= 0.6 is 0 Å². The summed E-state index contributed by atoms with van der Waals surface area (Å²) in [6.07, 6.45) is 2.39. The molecule has 6 aromatic rings. The van der Waals surface area contributed by atoms with E-state index in [1.165, 1.54) is 0 Å². The van der Waals surface area contributed by atoms with Crippen LogP contribution in [0.25, 0.3) is 33.4 Å². The fraction of sp³-hybridized carbons (Fsp3) is 0.229. The Kier molecular flexibility index (Phi) is 13.9. The van der Waals surface area contributed by atoms with Gasteiger partial charge < -0.3 is 30.0 Å². The molecule has 0 radical (unpaired) electrons. The summed E-state index contributed by atoms with van der Waals surface area (Å²) in [4.78, 5) is 41.4. The Bertz CT molecular complexity index is 2250. The Morgan fingerprint density at radius 1 is 0.655 bits per heavy atom. The molecule has 2 amide bonds. The molecule has 0 unspecified atom stereocenters. The molecule has 1 aliphatic heterocycles. The molecule has 296 valence electrons. The summed E-state index contributed by atoms with van der Waals surface area (Å²) < 4.78 is 11.3. The monoisotopic (exact) mass is 775 g/mol. The number of Topliss-reactive ketones (excluding diaryl/α,β-unsaturated/α-hetero) is 1. The van der Waals surface area contributed by atoms with E-state index >= 15 is 0 Å². The normalized spacial score (nSPS) is 13.2. The minimum Gasteiger partial charge on any atom is -0.468 e. The number of likely N-dealkylation sites (tertiary alicyclic amines) is 1.